The number of nitrogens with zero attached hydrogens (tertiary/aromatic N) is 1. The summed E-state index contributed by atoms with van der Waals surface area (Å²) in [6.45, 7) is 0.438. The zero-order chi connectivity index (χ0) is 14.8. The minimum Gasteiger partial charge on any atom is -0.497 e. The summed E-state index contributed by atoms with van der Waals surface area (Å²) < 4.78 is 5.29. The first-order chi connectivity index (χ1) is 10.2. The number of fused-ring (bicyclic) bond motifs is 2. The number of carboxylic acids is 1. The maximum atomic E-state index is 10.9. The van der Waals surface area contributed by atoms with E-state index < -0.39 is 5.97 Å². The molecule has 2 aromatic rings. The van der Waals surface area contributed by atoms with Crippen molar-refractivity contribution in [1.29, 1.82) is 0 Å². The lowest BCUT2D eigenvalue weighted by Crippen LogP contribution is -2.23. The standard InChI is InChI=1S/C16H15NO3S/c1-20-11-6-7-15-13(10-11)17(9-8-16(18)19)12-4-2-3-5-14(12)21-15/h2-7,10H,8-9H2,1H3,(H,18,19). The van der Waals surface area contributed by atoms with Gasteiger partial charge in [-0.3, -0.25) is 4.79 Å². The molecule has 0 saturated carbocycles. The van der Waals surface area contributed by atoms with Crippen LogP contribution in [0.25, 0.3) is 0 Å². The lowest BCUT2D eigenvalue weighted by atomic mass is 10.2. The monoisotopic (exact) mass is 301 g/mol. The van der Waals surface area contributed by atoms with Crippen LogP contribution >= 0.6 is 11.8 Å². The van der Waals surface area contributed by atoms with Gasteiger partial charge in [0, 0.05) is 22.4 Å². The number of hydrogen-bond acceptors (Lipinski definition) is 4. The smallest absolute Gasteiger partial charge is 0.305 e. The van der Waals surface area contributed by atoms with E-state index in [1.165, 1.54) is 0 Å². The summed E-state index contributed by atoms with van der Waals surface area (Å²) in [6.07, 6.45) is 0.0929. The van der Waals surface area contributed by atoms with E-state index in [-0.39, 0.29) is 6.42 Å². The van der Waals surface area contributed by atoms with Crippen molar-refractivity contribution in [2.45, 2.75) is 16.2 Å². The Morgan fingerprint density at radius 1 is 1.19 bits per heavy atom. The molecule has 0 saturated heterocycles. The van der Waals surface area contributed by atoms with Crippen molar-refractivity contribution in [2.24, 2.45) is 0 Å². The van der Waals surface area contributed by atoms with Crippen molar-refractivity contribution >= 4 is 29.1 Å². The number of benzene rings is 2. The molecule has 0 aliphatic carbocycles. The molecule has 0 amide bonds. The van der Waals surface area contributed by atoms with Gasteiger partial charge in [0.15, 0.2) is 0 Å². The van der Waals surface area contributed by atoms with Crippen LogP contribution in [0.1, 0.15) is 6.42 Å². The van der Waals surface area contributed by atoms with Gasteiger partial charge in [-0.05, 0) is 24.3 Å². The summed E-state index contributed by atoms with van der Waals surface area (Å²) in [7, 11) is 1.63. The van der Waals surface area contributed by atoms with Crippen LogP contribution < -0.4 is 9.64 Å². The number of carboxylic acid groups (broad SMARTS) is 1. The maximum absolute atomic E-state index is 10.9. The third kappa shape index (κ3) is 2.69. The van der Waals surface area contributed by atoms with Crippen molar-refractivity contribution in [3.8, 4) is 5.75 Å². The van der Waals surface area contributed by atoms with Gasteiger partial charge in [-0.1, -0.05) is 23.9 Å². The Morgan fingerprint density at radius 3 is 2.71 bits per heavy atom. The minimum absolute atomic E-state index is 0.0929. The lowest BCUT2D eigenvalue weighted by Gasteiger charge is -2.32. The molecule has 0 spiro atoms. The molecule has 1 aliphatic heterocycles. The second-order valence-corrected chi connectivity index (χ2v) is 5.78. The van der Waals surface area contributed by atoms with Crippen LogP contribution in [0.15, 0.2) is 52.3 Å². The van der Waals surface area contributed by atoms with Crippen molar-refractivity contribution in [2.75, 3.05) is 18.6 Å². The first-order valence-corrected chi connectivity index (χ1v) is 7.45. The van der Waals surface area contributed by atoms with E-state index in [4.69, 9.17) is 9.84 Å². The zero-order valence-corrected chi connectivity index (χ0v) is 12.4. The van der Waals surface area contributed by atoms with E-state index in [0.717, 1.165) is 26.9 Å². The van der Waals surface area contributed by atoms with Crippen molar-refractivity contribution in [1.82, 2.24) is 0 Å². The number of anilines is 2. The molecule has 1 heterocycles. The topological polar surface area (TPSA) is 49.8 Å². The predicted octanol–water partition coefficient (Wildman–Crippen LogP) is 3.77. The first kappa shape index (κ1) is 13.8. The van der Waals surface area contributed by atoms with E-state index in [9.17, 15) is 4.79 Å². The van der Waals surface area contributed by atoms with Crippen molar-refractivity contribution < 1.29 is 14.6 Å². The summed E-state index contributed by atoms with van der Waals surface area (Å²) >= 11 is 1.70. The Bertz CT molecular complexity index is 687. The minimum atomic E-state index is -0.796. The van der Waals surface area contributed by atoms with Gasteiger partial charge in [0.1, 0.15) is 5.75 Å². The van der Waals surface area contributed by atoms with Crippen LogP contribution in [0, 0.1) is 0 Å². The molecule has 0 atom stereocenters. The highest BCUT2D eigenvalue weighted by atomic mass is 32.2. The Kier molecular flexibility index (Phi) is 3.75. The molecule has 3 rings (SSSR count). The van der Waals surface area contributed by atoms with Gasteiger partial charge in [0.05, 0.1) is 24.9 Å². The molecule has 1 aliphatic rings. The maximum Gasteiger partial charge on any atom is 0.305 e. The Balaban J connectivity index is 2.05. The molecule has 0 bridgehead atoms. The molecule has 0 fully saturated rings. The van der Waals surface area contributed by atoms with E-state index in [1.807, 2.05) is 36.4 Å². The van der Waals surface area contributed by atoms with Gasteiger partial charge < -0.3 is 14.7 Å². The normalized spacial score (nSPS) is 12.5. The summed E-state index contributed by atoms with van der Waals surface area (Å²) in [4.78, 5) is 15.2. The number of hydrogen-bond donors (Lipinski definition) is 1. The molecule has 21 heavy (non-hydrogen) atoms. The largest absolute Gasteiger partial charge is 0.497 e. The molecule has 1 N–H and O–H groups in total. The molecule has 0 unspecified atom stereocenters. The van der Waals surface area contributed by atoms with Gasteiger partial charge in [-0.25, -0.2) is 0 Å². The Hall–Kier alpha value is -2.14. The molecule has 0 aromatic heterocycles. The number of carbonyl (C=O) groups is 1. The van der Waals surface area contributed by atoms with Crippen LogP contribution in [-0.2, 0) is 4.79 Å². The van der Waals surface area contributed by atoms with E-state index >= 15 is 0 Å². The number of para-hydroxylation sites is 1. The van der Waals surface area contributed by atoms with E-state index in [0.29, 0.717) is 6.54 Å². The fraction of sp³-hybridized carbons (Fsp3) is 0.188. The number of ether oxygens (including phenoxy) is 1. The highest BCUT2D eigenvalue weighted by Gasteiger charge is 2.23. The molecular weight excluding hydrogens is 286 g/mol. The fourth-order valence-electron chi connectivity index (χ4n) is 2.38. The molecule has 4 nitrogen and oxygen atoms in total. The van der Waals surface area contributed by atoms with Gasteiger partial charge in [-0.2, -0.15) is 0 Å². The summed E-state index contributed by atoms with van der Waals surface area (Å²) in [5.74, 6) is -0.0239. The van der Waals surface area contributed by atoms with Crippen LogP contribution in [0.2, 0.25) is 0 Å². The third-order valence-corrected chi connectivity index (χ3v) is 4.51. The van der Waals surface area contributed by atoms with Crippen LogP contribution in [0.4, 0.5) is 11.4 Å². The Morgan fingerprint density at radius 2 is 1.95 bits per heavy atom. The van der Waals surface area contributed by atoms with Gasteiger partial charge in [0.2, 0.25) is 0 Å². The fourth-order valence-corrected chi connectivity index (χ4v) is 3.46. The lowest BCUT2D eigenvalue weighted by molar-refractivity contribution is -0.136. The number of aliphatic carboxylic acids is 1. The highest BCUT2D eigenvalue weighted by Crippen LogP contribution is 2.48. The molecule has 108 valence electrons. The third-order valence-electron chi connectivity index (χ3n) is 3.38. The molecular formula is C16H15NO3S. The average molecular weight is 301 g/mol. The highest BCUT2D eigenvalue weighted by molar-refractivity contribution is 7.99. The summed E-state index contributed by atoms with van der Waals surface area (Å²) in [5, 5.41) is 8.98. The van der Waals surface area contributed by atoms with Crippen LogP contribution in [0.3, 0.4) is 0 Å². The first-order valence-electron chi connectivity index (χ1n) is 6.63. The summed E-state index contributed by atoms with van der Waals surface area (Å²) in [6, 6.07) is 13.9. The van der Waals surface area contributed by atoms with Crippen molar-refractivity contribution in [3.05, 3.63) is 42.5 Å². The Labute approximate surface area is 127 Å². The molecule has 0 radical (unpaired) electrons. The number of rotatable bonds is 4. The second kappa shape index (κ2) is 5.69. The van der Waals surface area contributed by atoms with Crippen LogP contribution in [0.5, 0.6) is 5.75 Å². The SMILES string of the molecule is COc1ccc2c(c1)N(CCC(=O)O)c1ccccc1S2. The average Bonchev–Trinajstić information content (AvgIpc) is 2.50. The van der Waals surface area contributed by atoms with E-state index in [1.54, 1.807) is 18.9 Å². The van der Waals surface area contributed by atoms with Crippen molar-refractivity contribution in [3.63, 3.8) is 0 Å². The van der Waals surface area contributed by atoms with Gasteiger partial charge in [-0.15, -0.1) is 0 Å². The molecule has 2 aromatic carbocycles. The molecule has 5 heteroatoms. The second-order valence-electron chi connectivity index (χ2n) is 4.70. The zero-order valence-electron chi connectivity index (χ0n) is 11.6. The van der Waals surface area contributed by atoms with Gasteiger partial charge in [0.25, 0.3) is 0 Å². The quantitative estimate of drug-likeness (QED) is 0.931. The van der Waals surface area contributed by atoms with Gasteiger partial charge >= 0.3 is 5.97 Å². The summed E-state index contributed by atoms with van der Waals surface area (Å²) in [5.41, 5.74) is 2.05. The number of methoxy groups -OCH3 is 1. The predicted molar refractivity (Wildman–Crippen MR) is 82.8 cm³/mol. The van der Waals surface area contributed by atoms with E-state index in [2.05, 4.69) is 11.0 Å². The van der Waals surface area contributed by atoms with Crippen LogP contribution in [-0.4, -0.2) is 24.7 Å².